The predicted octanol–water partition coefficient (Wildman–Crippen LogP) is 4.15. The molecule has 2 saturated heterocycles. The van der Waals surface area contributed by atoms with Crippen LogP contribution < -0.4 is 0 Å². The smallest absolute Gasteiger partial charge is 0.463 e. The van der Waals surface area contributed by atoms with E-state index in [1.807, 2.05) is 23.8 Å². The number of esters is 1. The fourth-order valence-corrected chi connectivity index (χ4v) is 5.90. The van der Waals surface area contributed by atoms with Crippen LogP contribution in [-0.4, -0.2) is 56.9 Å². The summed E-state index contributed by atoms with van der Waals surface area (Å²) >= 11 is 6.93. The minimum absolute atomic E-state index is 0.00108. The Hall–Kier alpha value is -1.55. The number of halogens is 1. The van der Waals surface area contributed by atoms with Crippen LogP contribution in [0.5, 0.6) is 0 Å². The maximum Gasteiger partial charge on any atom is 0.475 e. The van der Waals surface area contributed by atoms with Gasteiger partial charge in [0.25, 0.3) is 0 Å². The van der Waals surface area contributed by atoms with Gasteiger partial charge >= 0.3 is 13.8 Å². The molecule has 0 spiro atoms. The summed E-state index contributed by atoms with van der Waals surface area (Å²) < 4.78 is 43.0. The van der Waals surface area contributed by atoms with E-state index in [0.717, 1.165) is 11.1 Å². The molecule has 2 aliphatic rings. The number of phosphoric ester groups is 1. The van der Waals surface area contributed by atoms with E-state index in [4.69, 9.17) is 34.6 Å². The van der Waals surface area contributed by atoms with Gasteiger partial charge in [0, 0.05) is 11.6 Å². The summed E-state index contributed by atoms with van der Waals surface area (Å²) in [6.45, 7) is 8.96. The van der Waals surface area contributed by atoms with Gasteiger partial charge in [-0.25, -0.2) is 14.5 Å². The van der Waals surface area contributed by atoms with Crippen molar-refractivity contribution in [1.29, 1.82) is 0 Å². The van der Waals surface area contributed by atoms with Crippen molar-refractivity contribution in [3.63, 3.8) is 0 Å². The number of nitrogens with zero attached hydrogens (tertiary/aromatic N) is 3. The highest BCUT2D eigenvalue weighted by Crippen LogP contribution is 2.60. The number of aromatic nitrogens is 3. The van der Waals surface area contributed by atoms with Crippen molar-refractivity contribution in [1.82, 2.24) is 14.5 Å². The van der Waals surface area contributed by atoms with Gasteiger partial charge in [0.1, 0.15) is 29.1 Å². The molecular weight excluding hydrogens is 473 g/mol. The van der Waals surface area contributed by atoms with Crippen LogP contribution >= 0.6 is 19.4 Å². The maximum atomic E-state index is 13.1. The number of alkyl halides is 1. The molecule has 0 saturated carbocycles. The van der Waals surface area contributed by atoms with Crippen LogP contribution in [-0.2, 0) is 32.4 Å². The molecular formula is C21H29ClN3O7P. The number of carbonyl (C=O) groups excluding carboxylic acids is 1. The van der Waals surface area contributed by atoms with Gasteiger partial charge in [-0.1, -0.05) is 6.92 Å². The number of ether oxygens (including phenoxy) is 2. The molecule has 0 amide bonds. The minimum atomic E-state index is -3.89. The lowest BCUT2D eigenvalue weighted by atomic mass is 10.0. The first-order valence-corrected chi connectivity index (χ1v) is 12.8. The third-order valence-corrected chi connectivity index (χ3v) is 7.69. The summed E-state index contributed by atoms with van der Waals surface area (Å²) in [5, 5.41) is 0.889. The Bertz CT molecular complexity index is 1080. The van der Waals surface area contributed by atoms with E-state index in [2.05, 4.69) is 9.97 Å². The fraction of sp³-hybridized carbons (Fsp3) is 0.667. The summed E-state index contributed by atoms with van der Waals surface area (Å²) in [4.78, 5) is 19.5. The van der Waals surface area contributed by atoms with Crippen molar-refractivity contribution in [2.24, 2.45) is 5.92 Å². The monoisotopic (exact) mass is 501 g/mol. The average molecular weight is 502 g/mol. The first kappa shape index (κ1) is 24.6. The van der Waals surface area contributed by atoms with E-state index in [1.165, 1.54) is 6.33 Å². The highest BCUT2D eigenvalue weighted by atomic mass is 35.5. The topological polar surface area (TPSA) is 111 Å². The zero-order chi connectivity index (χ0) is 24.0. The average Bonchev–Trinajstić information content (AvgIpc) is 3.27. The first-order chi connectivity index (χ1) is 15.5. The van der Waals surface area contributed by atoms with E-state index in [9.17, 15) is 9.36 Å². The molecule has 6 atom stereocenters. The molecule has 2 aromatic rings. The molecule has 0 N–H and O–H groups in total. The lowest BCUT2D eigenvalue weighted by Crippen LogP contribution is -2.44. The van der Waals surface area contributed by atoms with E-state index in [1.54, 1.807) is 27.7 Å². The Morgan fingerprint density at radius 2 is 2.15 bits per heavy atom. The van der Waals surface area contributed by atoms with Gasteiger partial charge in [0.05, 0.1) is 30.9 Å². The molecule has 2 aliphatic heterocycles. The van der Waals surface area contributed by atoms with Gasteiger partial charge in [-0.15, -0.1) is 11.6 Å². The molecule has 12 heteroatoms. The second-order valence-electron chi connectivity index (χ2n) is 8.88. The molecule has 0 aromatic carbocycles. The molecule has 2 aromatic heterocycles. The van der Waals surface area contributed by atoms with Gasteiger partial charge < -0.3 is 14.0 Å². The molecule has 0 bridgehead atoms. The molecule has 4 heterocycles. The number of hydrogen-bond acceptors (Lipinski definition) is 9. The number of aryl methyl sites for hydroxylation is 1. The summed E-state index contributed by atoms with van der Waals surface area (Å²) in [5.41, 5.74) is 1.52. The maximum absolute atomic E-state index is 13.1. The van der Waals surface area contributed by atoms with E-state index < -0.39 is 37.1 Å². The van der Waals surface area contributed by atoms with Crippen LogP contribution in [0.1, 0.15) is 46.0 Å². The largest absolute Gasteiger partial charge is 0.475 e. The van der Waals surface area contributed by atoms with Gasteiger partial charge in [0.15, 0.2) is 6.23 Å². The lowest BCUT2D eigenvalue weighted by molar-refractivity contribution is -0.152. The molecule has 0 aliphatic carbocycles. The van der Waals surface area contributed by atoms with Crippen LogP contribution in [0.25, 0.3) is 11.0 Å². The third kappa shape index (κ3) is 4.83. The second kappa shape index (κ2) is 9.24. The first-order valence-electron chi connectivity index (χ1n) is 10.9. The van der Waals surface area contributed by atoms with Crippen molar-refractivity contribution in [2.45, 2.75) is 70.5 Å². The molecule has 0 unspecified atom stereocenters. The van der Waals surface area contributed by atoms with Crippen molar-refractivity contribution < 1.29 is 32.4 Å². The summed E-state index contributed by atoms with van der Waals surface area (Å²) in [6, 6.07) is 1.90. The molecule has 33 heavy (non-hydrogen) atoms. The quantitative estimate of drug-likeness (QED) is 0.313. The van der Waals surface area contributed by atoms with Crippen molar-refractivity contribution in [2.75, 3.05) is 13.2 Å². The van der Waals surface area contributed by atoms with Crippen molar-refractivity contribution in [3.8, 4) is 0 Å². The van der Waals surface area contributed by atoms with Crippen LogP contribution in [0.15, 0.2) is 18.6 Å². The minimum Gasteiger partial charge on any atom is -0.463 e. The summed E-state index contributed by atoms with van der Waals surface area (Å²) in [5.74, 6) is -0.753. The van der Waals surface area contributed by atoms with Crippen molar-refractivity contribution >= 4 is 36.4 Å². The van der Waals surface area contributed by atoms with Crippen LogP contribution in [0.4, 0.5) is 0 Å². The molecule has 2 fully saturated rings. The van der Waals surface area contributed by atoms with Crippen LogP contribution in [0.3, 0.4) is 0 Å². The van der Waals surface area contributed by atoms with E-state index in [-0.39, 0.29) is 25.3 Å². The highest BCUT2D eigenvalue weighted by Gasteiger charge is 2.60. The highest BCUT2D eigenvalue weighted by molar-refractivity contribution is 7.48. The molecule has 10 nitrogen and oxygen atoms in total. The summed E-state index contributed by atoms with van der Waals surface area (Å²) in [7, 11) is -3.89. The summed E-state index contributed by atoms with van der Waals surface area (Å²) in [6.07, 6.45) is 1.51. The Morgan fingerprint density at radius 1 is 1.39 bits per heavy atom. The Kier molecular flexibility index (Phi) is 6.88. The Labute approximate surface area is 197 Å². The van der Waals surface area contributed by atoms with Gasteiger partial charge in [-0.3, -0.25) is 18.4 Å². The van der Waals surface area contributed by atoms with Gasteiger partial charge in [0.2, 0.25) is 0 Å². The number of rotatable bonds is 7. The van der Waals surface area contributed by atoms with E-state index in [0.29, 0.717) is 12.1 Å². The second-order valence-corrected chi connectivity index (χ2v) is 11.3. The number of phosphoric acid groups is 1. The molecule has 0 radical (unpaired) electrons. The van der Waals surface area contributed by atoms with Crippen molar-refractivity contribution in [3.05, 3.63) is 24.3 Å². The number of hydrogen-bond donors (Lipinski definition) is 0. The Morgan fingerprint density at radius 3 is 2.88 bits per heavy atom. The number of fused-ring (bicyclic) bond motifs is 2. The third-order valence-electron chi connectivity index (χ3n) is 5.84. The zero-order valence-electron chi connectivity index (χ0n) is 19.3. The standard InChI is InChI=1S/C21H29ClN3O7P/c1-12(2)30-19(26)13(3)7-9-28-33(27)29-10-16-17(32-33)21(5,22)20(31-16)25-8-6-15-14(4)23-11-24-18(15)25/h6,8,11-13,16-17,20H,7,9-10H2,1-5H3/t13-,16+,17+,20+,21+,33+/m0/s1. The lowest BCUT2D eigenvalue weighted by Gasteiger charge is -2.34. The van der Waals surface area contributed by atoms with Gasteiger partial charge in [-0.05, 0) is 40.2 Å². The number of carbonyl (C=O) groups is 1. The van der Waals surface area contributed by atoms with E-state index >= 15 is 0 Å². The van der Waals surface area contributed by atoms with Gasteiger partial charge in [-0.2, -0.15) is 0 Å². The predicted molar refractivity (Wildman–Crippen MR) is 120 cm³/mol. The molecule has 182 valence electrons. The molecule has 4 rings (SSSR count). The fourth-order valence-electron chi connectivity index (χ4n) is 4.01. The zero-order valence-corrected chi connectivity index (χ0v) is 20.9. The SMILES string of the molecule is Cc1ncnc2c1ccn2[C@@H]1O[C@@H]2CO[P@@](=O)(OCC[C@H](C)C(=O)OC(C)C)O[C@H]2[C@@]1(C)Cl. The van der Waals surface area contributed by atoms with Crippen LogP contribution in [0, 0.1) is 12.8 Å². The Balaban J connectivity index is 1.43. The normalized spacial score (nSPS) is 32.8. The van der Waals surface area contributed by atoms with Crippen LogP contribution in [0.2, 0.25) is 0 Å².